The van der Waals surface area contributed by atoms with Crippen LogP contribution in [-0.2, 0) is 11.2 Å². The smallest absolute Gasteiger partial charge is 0.273 e. The summed E-state index contributed by atoms with van der Waals surface area (Å²) in [5.74, 6) is -0.486. The molecule has 1 fully saturated rings. The van der Waals surface area contributed by atoms with Gasteiger partial charge in [0, 0.05) is 51.7 Å². The number of aromatic nitrogens is 2. The number of nitrogens with two attached hydrogens (primary N) is 2. The van der Waals surface area contributed by atoms with Crippen molar-refractivity contribution in [2.45, 2.75) is 89.6 Å². The van der Waals surface area contributed by atoms with Crippen molar-refractivity contribution in [1.29, 1.82) is 0 Å². The van der Waals surface area contributed by atoms with Gasteiger partial charge in [0.1, 0.15) is 12.2 Å². The van der Waals surface area contributed by atoms with Crippen molar-refractivity contribution in [3.8, 4) is 0 Å². The molecule has 1 unspecified atom stereocenters. The van der Waals surface area contributed by atoms with Gasteiger partial charge in [0.2, 0.25) is 5.91 Å². The molecule has 1 aromatic carbocycles. The zero-order valence-corrected chi connectivity index (χ0v) is 31.1. The van der Waals surface area contributed by atoms with Crippen molar-refractivity contribution in [2.24, 2.45) is 5.92 Å². The average Bonchev–Trinajstić information content (AvgIpc) is 3.12. The lowest BCUT2D eigenvalue weighted by atomic mass is 9.94. The zero-order valence-electron chi connectivity index (χ0n) is 30.4. The van der Waals surface area contributed by atoms with Crippen molar-refractivity contribution in [3.05, 3.63) is 46.2 Å². The zero-order chi connectivity index (χ0) is 37.5. The molecule has 1 aromatic heterocycles. The van der Waals surface area contributed by atoms with E-state index >= 15 is 0 Å². The van der Waals surface area contributed by atoms with Crippen molar-refractivity contribution in [1.82, 2.24) is 30.0 Å². The third kappa shape index (κ3) is 13.4. The van der Waals surface area contributed by atoms with E-state index in [2.05, 4.69) is 53.2 Å². The molecule has 1 saturated heterocycles. The molecule has 0 saturated carbocycles. The first kappa shape index (κ1) is 42.3. The van der Waals surface area contributed by atoms with Crippen LogP contribution in [0.2, 0.25) is 5.15 Å². The molecule has 14 nitrogen and oxygen atoms in total. The third-order valence-corrected chi connectivity index (χ3v) is 10.1. The molecular weight excluding hydrogens is 676 g/mol. The number of benzene rings is 1. The highest BCUT2D eigenvalue weighted by atomic mass is 35.5. The number of hydrogen-bond acceptors (Lipinski definition) is 12. The number of aliphatic hydroxyl groups excluding tert-OH is 4. The molecule has 2 amide bonds. The molecule has 0 bridgehead atoms. The monoisotopic (exact) mass is 734 g/mol. The maximum Gasteiger partial charge on any atom is 0.273 e. The van der Waals surface area contributed by atoms with Gasteiger partial charge in [0.05, 0.1) is 12.7 Å². The van der Waals surface area contributed by atoms with Gasteiger partial charge >= 0.3 is 0 Å². The van der Waals surface area contributed by atoms with Crippen molar-refractivity contribution in [3.63, 3.8) is 0 Å². The highest BCUT2D eigenvalue weighted by Gasteiger charge is 2.29. The number of unbranched alkanes of at least 4 members (excludes halogenated alkanes) is 3. The van der Waals surface area contributed by atoms with E-state index in [4.69, 9.17) is 28.2 Å². The van der Waals surface area contributed by atoms with Gasteiger partial charge in [-0.3, -0.25) is 9.59 Å². The third-order valence-electron chi connectivity index (χ3n) is 9.82. The van der Waals surface area contributed by atoms with Crippen LogP contribution < -0.4 is 16.8 Å². The summed E-state index contributed by atoms with van der Waals surface area (Å²) in [5.41, 5.74) is 13.9. The summed E-state index contributed by atoms with van der Waals surface area (Å²) >= 11 is 6.00. The number of carbonyl (C=O) groups is 2. The van der Waals surface area contributed by atoms with E-state index in [0.717, 1.165) is 44.9 Å². The number of aliphatic hydroxyl groups is 4. The van der Waals surface area contributed by atoms with Crippen LogP contribution in [0.5, 0.6) is 0 Å². The number of anilines is 2. The number of hydrogen-bond donors (Lipinski definition) is 7. The molecule has 2 aromatic rings. The Bertz CT molecular complexity index is 1380. The maximum absolute atomic E-state index is 13.3. The Morgan fingerprint density at radius 3 is 2.39 bits per heavy atom. The minimum atomic E-state index is -1.47. The van der Waals surface area contributed by atoms with Crippen LogP contribution in [0.1, 0.15) is 73.5 Å². The lowest BCUT2D eigenvalue weighted by Crippen LogP contribution is -2.49. The largest absolute Gasteiger partial charge is 0.394 e. The summed E-state index contributed by atoms with van der Waals surface area (Å²) in [6.45, 7) is 7.09. The number of likely N-dealkylation sites (tertiary alicyclic amines) is 1. The number of nitrogen functional groups attached to an aromatic ring is 2. The van der Waals surface area contributed by atoms with Gasteiger partial charge in [-0.05, 0) is 63.2 Å². The van der Waals surface area contributed by atoms with Gasteiger partial charge in [0.25, 0.3) is 5.91 Å². The molecule has 9 N–H and O–H groups in total. The Morgan fingerprint density at radius 1 is 1.02 bits per heavy atom. The highest BCUT2D eigenvalue weighted by Crippen LogP contribution is 2.21. The fourth-order valence-electron chi connectivity index (χ4n) is 6.60. The number of carbonyl (C=O) groups excluding carboxylic acids is 2. The van der Waals surface area contributed by atoms with E-state index in [1.165, 1.54) is 11.1 Å². The van der Waals surface area contributed by atoms with Crippen LogP contribution in [0.15, 0.2) is 24.3 Å². The van der Waals surface area contributed by atoms with Crippen molar-refractivity contribution in [2.75, 3.05) is 70.9 Å². The van der Waals surface area contributed by atoms with Gasteiger partial charge in [-0.1, -0.05) is 62.1 Å². The fraction of sp³-hybridized carbons (Fsp3) is 0.667. The van der Waals surface area contributed by atoms with E-state index in [0.29, 0.717) is 39.3 Å². The lowest BCUT2D eigenvalue weighted by molar-refractivity contribution is -0.133. The summed E-state index contributed by atoms with van der Waals surface area (Å²) in [6, 6.07) is 8.45. The number of nitrogens with zero attached hydrogens (tertiary/aromatic N) is 5. The van der Waals surface area contributed by atoms with E-state index in [-0.39, 0.29) is 53.3 Å². The van der Waals surface area contributed by atoms with Crippen LogP contribution in [0, 0.1) is 12.8 Å². The first-order valence-corrected chi connectivity index (χ1v) is 18.5. The molecule has 286 valence electrons. The summed E-state index contributed by atoms with van der Waals surface area (Å²) in [6.07, 6.45) is 2.62. The van der Waals surface area contributed by atoms with Gasteiger partial charge in [-0.2, -0.15) is 0 Å². The molecule has 1 aliphatic heterocycles. The predicted octanol–water partition coefficient (Wildman–Crippen LogP) is 1.46. The average molecular weight is 735 g/mol. The van der Waals surface area contributed by atoms with E-state index in [1.54, 1.807) is 0 Å². The second-order valence-electron chi connectivity index (χ2n) is 13.8. The van der Waals surface area contributed by atoms with Gasteiger partial charge in [-0.15, -0.1) is 0 Å². The first-order valence-electron chi connectivity index (χ1n) is 18.1. The SMILES string of the molecule is CCCCCCN(CCC(=O)N1CCC(N(C)CC(CNC(=O)c2nc(Cl)c(N)nc2N)Cc2ccccc2C)CC1)C[C@H](O)[C@@H](O)[C@H](O)CO. The fourth-order valence-corrected chi connectivity index (χ4v) is 6.73. The molecule has 2 heterocycles. The number of amides is 2. The van der Waals surface area contributed by atoms with Gasteiger partial charge < -0.3 is 51.9 Å². The predicted molar refractivity (Wildman–Crippen MR) is 199 cm³/mol. The second kappa shape index (κ2) is 21.4. The van der Waals surface area contributed by atoms with Crippen LogP contribution in [-0.4, -0.2) is 141 Å². The molecule has 0 spiro atoms. The van der Waals surface area contributed by atoms with E-state index in [1.807, 2.05) is 21.9 Å². The Labute approximate surface area is 307 Å². The molecule has 4 atom stereocenters. The minimum Gasteiger partial charge on any atom is -0.394 e. The molecular formula is C36H59ClN8O6. The standard InChI is InChI=1S/C36H59ClN8O6/c1-4-5-6-9-15-44(22-28(47)32(50)29(48)23-46)16-14-30(49)45-17-12-27(13-18-45)43(3)21-25(19-26-11-8-7-10-24(26)2)20-40-36(51)31-34(38)42-35(39)33(37)41-31/h7-8,10-11,25,27-29,32,46-48,50H,4-6,9,12-23H2,1-3H3,(H,40,51)(H4,38,39,42)/t25?,28-,29+,32+/m0/s1. The van der Waals surface area contributed by atoms with Crippen LogP contribution >= 0.6 is 11.6 Å². The normalized spacial score (nSPS) is 16.3. The molecule has 15 heteroatoms. The summed E-state index contributed by atoms with van der Waals surface area (Å²) in [7, 11) is 2.09. The number of aryl methyl sites for hydroxylation is 1. The topological polar surface area (TPSA) is 215 Å². The minimum absolute atomic E-state index is 0.0373. The number of nitrogens with one attached hydrogen (secondary N) is 1. The highest BCUT2D eigenvalue weighted by molar-refractivity contribution is 6.31. The van der Waals surface area contributed by atoms with Crippen LogP contribution in [0.3, 0.4) is 0 Å². The summed E-state index contributed by atoms with van der Waals surface area (Å²) in [5, 5.41) is 42.5. The Balaban J connectivity index is 1.56. The molecule has 3 rings (SSSR count). The van der Waals surface area contributed by atoms with Gasteiger partial charge in [-0.25, -0.2) is 9.97 Å². The molecule has 1 aliphatic rings. The quantitative estimate of drug-likeness (QED) is 0.0909. The Hall–Kier alpha value is -3.11. The second-order valence-corrected chi connectivity index (χ2v) is 14.2. The molecule has 0 radical (unpaired) electrons. The van der Waals surface area contributed by atoms with Crippen LogP contribution in [0.4, 0.5) is 11.6 Å². The molecule has 51 heavy (non-hydrogen) atoms. The first-order chi connectivity index (χ1) is 24.3. The Kier molecular flexibility index (Phi) is 17.8. The molecule has 0 aliphatic carbocycles. The van der Waals surface area contributed by atoms with E-state index < -0.39 is 30.8 Å². The van der Waals surface area contributed by atoms with Crippen molar-refractivity contribution >= 4 is 35.1 Å². The Morgan fingerprint density at radius 2 is 1.73 bits per heavy atom. The number of rotatable bonds is 21. The number of halogens is 1. The summed E-state index contributed by atoms with van der Waals surface area (Å²) < 4.78 is 0. The maximum atomic E-state index is 13.3. The summed E-state index contributed by atoms with van der Waals surface area (Å²) in [4.78, 5) is 40.5. The van der Waals surface area contributed by atoms with Crippen molar-refractivity contribution < 1.29 is 30.0 Å². The number of piperidine rings is 1. The van der Waals surface area contributed by atoms with Gasteiger partial charge in [0.15, 0.2) is 22.5 Å². The van der Waals surface area contributed by atoms with E-state index in [9.17, 15) is 24.9 Å². The lowest BCUT2D eigenvalue weighted by Gasteiger charge is -2.38. The van der Waals surface area contributed by atoms with Crippen LogP contribution in [0.25, 0.3) is 0 Å².